The maximum atomic E-state index is 14.9. The molecule has 0 radical (unpaired) electrons. The van der Waals surface area contributed by atoms with Gasteiger partial charge in [-0.25, -0.2) is 24.7 Å². The van der Waals surface area contributed by atoms with Crippen molar-refractivity contribution in [1.29, 1.82) is 0 Å². The number of hydroxylamine groups is 1. The molecule has 0 spiro atoms. The van der Waals surface area contributed by atoms with Crippen LogP contribution in [0.1, 0.15) is 44.9 Å². The number of carbonyl (C=O) groups excluding carboxylic acids is 1. The van der Waals surface area contributed by atoms with Crippen molar-refractivity contribution in [2.45, 2.75) is 51.0 Å². The number of carbonyl (C=O) groups is 1. The number of amides is 1. The smallest absolute Gasteiger partial charge is 0.243 e. The molecule has 1 aliphatic rings. The normalized spacial score (nSPS) is 13.6. The summed E-state index contributed by atoms with van der Waals surface area (Å²) >= 11 is 0. The fourth-order valence-electron chi connectivity index (χ4n) is 5.43. The predicted molar refractivity (Wildman–Crippen MR) is 165 cm³/mol. The van der Waals surface area contributed by atoms with Gasteiger partial charge in [-0.15, -0.1) is 0 Å². The average Bonchev–Trinajstić information content (AvgIpc) is 3.53. The summed E-state index contributed by atoms with van der Waals surface area (Å²) in [6, 6.07) is 10.3. The van der Waals surface area contributed by atoms with Gasteiger partial charge in [-0.3, -0.25) is 14.4 Å². The zero-order valence-electron chi connectivity index (χ0n) is 24.6. The van der Waals surface area contributed by atoms with Crippen molar-refractivity contribution in [2.75, 3.05) is 31.7 Å². The first-order valence-electron chi connectivity index (χ1n) is 14.7. The van der Waals surface area contributed by atoms with Crippen LogP contribution in [0.15, 0.2) is 48.8 Å². The van der Waals surface area contributed by atoms with Crippen molar-refractivity contribution < 1.29 is 23.9 Å². The molecule has 12 heteroatoms. The maximum absolute atomic E-state index is 14.9. The number of nitrogens with zero attached hydrogens (tertiary/aromatic N) is 5. The summed E-state index contributed by atoms with van der Waals surface area (Å²) in [5, 5.41) is 8.62. The van der Waals surface area contributed by atoms with Crippen LogP contribution in [0.5, 0.6) is 11.5 Å². The van der Waals surface area contributed by atoms with Crippen LogP contribution in [-0.4, -0.2) is 58.3 Å². The number of hydrogen-bond donors (Lipinski definition) is 3. The number of nitrogens with two attached hydrogens (primary N) is 1. The number of anilines is 1. The Morgan fingerprint density at radius 1 is 1.14 bits per heavy atom. The van der Waals surface area contributed by atoms with Gasteiger partial charge in [0.2, 0.25) is 17.5 Å². The van der Waals surface area contributed by atoms with Crippen LogP contribution in [-0.2, 0) is 4.79 Å². The third kappa shape index (κ3) is 6.74. The van der Waals surface area contributed by atoms with Gasteiger partial charge in [0.1, 0.15) is 11.5 Å². The number of imidazole rings is 1. The van der Waals surface area contributed by atoms with Crippen LogP contribution in [0.3, 0.4) is 0 Å². The van der Waals surface area contributed by atoms with Gasteiger partial charge in [-0.05, 0) is 49.4 Å². The third-order valence-corrected chi connectivity index (χ3v) is 7.83. The average molecular weight is 602 g/mol. The van der Waals surface area contributed by atoms with E-state index < -0.39 is 5.82 Å². The van der Waals surface area contributed by atoms with Crippen molar-refractivity contribution in [2.24, 2.45) is 5.73 Å². The minimum Gasteiger partial charge on any atom is -0.493 e. The van der Waals surface area contributed by atoms with Crippen LogP contribution in [0.2, 0.25) is 0 Å². The summed E-state index contributed by atoms with van der Waals surface area (Å²) in [7, 11) is 1.58. The van der Waals surface area contributed by atoms with E-state index >= 15 is 0 Å². The largest absolute Gasteiger partial charge is 0.493 e. The molecule has 0 bridgehead atoms. The molecule has 3 heterocycles. The first-order valence-corrected chi connectivity index (χ1v) is 14.7. The Labute approximate surface area is 255 Å². The number of hydrogen-bond acceptors (Lipinski definition) is 8. The molecular weight excluding hydrogens is 565 g/mol. The van der Waals surface area contributed by atoms with Gasteiger partial charge in [-0.2, -0.15) is 0 Å². The van der Waals surface area contributed by atoms with Gasteiger partial charge >= 0.3 is 0 Å². The topological polar surface area (TPSA) is 132 Å². The van der Waals surface area contributed by atoms with E-state index in [0.717, 1.165) is 50.8 Å². The number of unbranched alkanes of at least 4 members (excludes halogenated alkanes) is 3. The number of piperidine rings is 1. The number of benzene rings is 2. The van der Waals surface area contributed by atoms with Crippen molar-refractivity contribution >= 4 is 23.2 Å². The second kappa shape index (κ2) is 14.2. The van der Waals surface area contributed by atoms with E-state index in [9.17, 15) is 9.18 Å². The van der Waals surface area contributed by atoms with Crippen LogP contribution in [0.25, 0.3) is 32.9 Å². The Bertz CT molecular complexity index is 1660. The Balaban J connectivity index is 1.51. The van der Waals surface area contributed by atoms with Gasteiger partial charge in [-0.1, -0.05) is 31.0 Å². The molecule has 1 saturated heterocycles. The van der Waals surface area contributed by atoms with E-state index in [2.05, 4.69) is 9.74 Å². The zero-order valence-corrected chi connectivity index (χ0v) is 24.6. The van der Waals surface area contributed by atoms with Crippen molar-refractivity contribution in [3.63, 3.8) is 0 Å². The standard InChI is InChI=1S/C32H36FN7O4/c1-35-25-10-8-22(19-24(25)33)30-29(31-36-14-17-40(31)32(37-30)39-15-12-23(34)13-16-39)21-9-11-26(43-2)27(20-21)44-18-6-4-3-5-7-28(41)38-42/h8-11,14,17,19-20,23,42H,3-7,12-13,15-16,18,34H2,2H3,(H,38,41). The molecule has 1 fully saturated rings. The molecule has 11 nitrogen and oxygen atoms in total. The molecular formula is C32H36FN7O4. The van der Waals surface area contributed by atoms with Crippen molar-refractivity contribution in [1.82, 2.24) is 19.8 Å². The Hall–Kier alpha value is -4.73. The van der Waals surface area contributed by atoms with E-state index in [-0.39, 0.29) is 24.1 Å². The van der Waals surface area contributed by atoms with E-state index in [1.54, 1.807) is 24.9 Å². The molecule has 44 heavy (non-hydrogen) atoms. The van der Waals surface area contributed by atoms with Crippen molar-refractivity contribution in [3.05, 3.63) is 66.0 Å². The number of fused-ring (bicyclic) bond motifs is 1. The van der Waals surface area contributed by atoms with Crippen LogP contribution in [0, 0.1) is 12.4 Å². The third-order valence-electron chi connectivity index (χ3n) is 7.83. The van der Waals surface area contributed by atoms with Crippen LogP contribution in [0.4, 0.5) is 16.0 Å². The highest BCUT2D eigenvalue weighted by Gasteiger charge is 2.25. The SMILES string of the molecule is [C-]#[N+]c1ccc(-c2nc(N3CCC(N)CC3)n3ccnc3c2-c2ccc(OC)c(OCCCCCCC(=O)NO)c2)cc1F. The van der Waals surface area contributed by atoms with Gasteiger partial charge in [0.15, 0.2) is 11.5 Å². The summed E-state index contributed by atoms with van der Waals surface area (Å²) < 4.78 is 28.6. The highest BCUT2D eigenvalue weighted by Crippen LogP contribution is 2.41. The monoisotopic (exact) mass is 601 g/mol. The fraction of sp³-hybridized carbons (Fsp3) is 0.375. The zero-order chi connectivity index (χ0) is 31.1. The number of halogens is 1. The van der Waals surface area contributed by atoms with Gasteiger partial charge in [0.05, 0.1) is 31.5 Å². The van der Waals surface area contributed by atoms with Gasteiger partial charge in [0.25, 0.3) is 0 Å². The summed E-state index contributed by atoms with van der Waals surface area (Å²) in [6.07, 6.45) is 8.68. The fourth-order valence-corrected chi connectivity index (χ4v) is 5.43. The molecule has 1 amide bonds. The Kier molecular flexibility index (Phi) is 9.89. The van der Waals surface area contributed by atoms with Crippen molar-refractivity contribution in [3.8, 4) is 33.9 Å². The maximum Gasteiger partial charge on any atom is 0.243 e. The van der Waals surface area contributed by atoms with Gasteiger partial charge < -0.3 is 20.1 Å². The molecule has 0 atom stereocenters. The number of aromatic nitrogens is 3. The highest BCUT2D eigenvalue weighted by molar-refractivity contribution is 5.92. The van der Waals surface area contributed by atoms with E-state index in [0.29, 0.717) is 52.9 Å². The molecule has 1 aliphatic heterocycles. The second-order valence-electron chi connectivity index (χ2n) is 10.8. The van der Waals surface area contributed by atoms with Gasteiger partial charge in [0, 0.05) is 43.5 Å². The lowest BCUT2D eigenvalue weighted by Gasteiger charge is -2.32. The molecule has 4 N–H and O–H groups in total. The summed E-state index contributed by atoms with van der Waals surface area (Å²) in [5.41, 5.74) is 10.9. The lowest BCUT2D eigenvalue weighted by Crippen LogP contribution is -2.40. The highest BCUT2D eigenvalue weighted by atomic mass is 19.1. The van der Waals surface area contributed by atoms with Crippen LogP contribution >= 0.6 is 0 Å². The van der Waals surface area contributed by atoms with E-state index in [1.165, 1.54) is 12.1 Å². The summed E-state index contributed by atoms with van der Waals surface area (Å²) in [6.45, 7) is 9.20. The summed E-state index contributed by atoms with van der Waals surface area (Å²) in [5.74, 6) is 0.801. The molecule has 0 unspecified atom stereocenters. The number of methoxy groups -OCH3 is 1. The number of nitrogens with one attached hydrogen (secondary N) is 1. The van der Waals surface area contributed by atoms with E-state index in [1.807, 2.05) is 28.8 Å². The minimum absolute atomic E-state index is 0.0563. The quantitative estimate of drug-likeness (QED) is 0.0837. The molecule has 5 rings (SSSR count). The predicted octanol–water partition coefficient (Wildman–Crippen LogP) is 5.52. The molecule has 0 aliphatic carbocycles. The first-order chi connectivity index (χ1) is 21.4. The van der Waals surface area contributed by atoms with Crippen LogP contribution < -0.4 is 25.6 Å². The Morgan fingerprint density at radius 2 is 1.91 bits per heavy atom. The second-order valence-corrected chi connectivity index (χ2v) is 10.8. The van der Waals surface area contributed by atoms with E-state index in [4.69, 9.17) is 37.0 Å². The molecule has 230 valence electrons. The molecule has 4 aromatic rings. The lowest BCUT2D eigenvalue weighted by molar-refractivity contribution is -0.129. The Morgan fingerprint density at radius 3 is 2.64 bits per heavy atom. The number of ether oxygens (including phenoxy) is 2. The number of rotatable bonds is 12. The minimum atomic E-state index is -0.616. The first kappa shape index (κ1) is 30.7. The molecule has 2 aromatic heterocycles. The molecule has 2 aromatic carbocycles. The molecule has 0 saturated carbocycles. The summed E-state index contributed by atoms with van der Waals surface area (Å²) in [4.78, 5) is 26.5. The lowest BCUT2D eigenvalue weighted by atomic mass is 9.99.